The van der Waals surface area contributed by atoms with Crippen LogP contribution >= 0.6 is 0 Å². The second-order valence-electron chi connectivity index (χ2n) is 6.98. The third-order valence-electron chi connectivity index (χ3n) is 5.06. The Morgan fingerprint density at radius 1 is 1.04 bits per heavy atom. The number of aryl methyl sites for hydroxylation is 1. The van der Waals surface area contributed by atoms with Crippen molar-refractivity contribution in [2.45, 2.75) is 18.7 Å². The molecule has 2 aromatic carbocycles. The quantitative estimate of drug-likeness (QED) is 0.747. The molecule has 1 saturated heterocycles. The van der Waals surface area contributed by atoms with E-state index in [1.807, 2.05) is 60.4 Å². The molecule has 1 aliphatic heterocycles. The molecule has 0 bridgehead atoms. The first kappa shape index (κ1) is 20.3. The van der Waals surface area contributed by atoms with Gasteiger partial charge in [0, 0.05) is 26.2 Å². The van der Waals surface area contributed by atoms with Crippen molar-refractivity contribution in [2.24, 2.45) is 0 Å². The van der Waals surface area contributed by atoms with Crippen molar-refractivity contribution < 1.29 is 13.2 Å². The third kappa shape index (κ3) is 4.71. The molecule has 0 amide bonds. The average molecular weight is 400 g/mol. The molecule has 6 nitrogen and oxygen atoms in total. The van der Waals surface area contributed by atoms with Crippen LogP contribution in [0.15, 0.2) is 48.5 Å². The fourth-order valence-corrected chi connectivity index (χ4v) is 4.90. The molecule has 1 aliphatic rings. The summed E-state index contributed by atoms with van der Waals surface area (Å²) in [7, 11) is -1.77. The average Bonchev–Trinajstić information content (AvgIpc) is 2.71. The Morgan fingerprint density at radius 2 is 1.64 bits per heavy atom. The lowest BCUT2D eigenvalue weighted by Gasteiger charge is -2.36. The van der Waals surface area contributed by atoms with E-state index in [2.05, 4.69) is 6.07 Å². The zero-order chi connectivity index (χ0) is 20.1. The zero-order valence-corrected chi connectivity index (χ0v) is 17.0. The van der Waals surface area contributed by atoms with Crippen molar-refractivity contribution in [3.63, 3.8) is 0 Å². The lowest BCUT2D eigenvalue weighted by atomic mass is 10.1. The van der Waals surface area contributed by atoms with Crippen molar-refractivity contribution in [1.82, 2.24) is 9.21 Å². The number of sulfonamides is 1. The number of hydrogen-bond donors (Lipinski definition) is 0. The van der Waals surface area contributed by atoms with Gasteiger partial charge in [-0.3, -0.25) is 4.90 Å². The molecule has 0 aliphatic carbocycles. The van der Waals surface area contributed by atoms with Crippen molar-refractivity contribution in [3.8, 4) is 11.8 Å². The molecule has 2 aromatic rings. The van der Waals surface area contributed by atoms with Gasteiger partial charge in [0.15, 0.2) is 0 Å². The Balaban J connectivity index is 1.63. The zero-order valence-electron chi connectivity index (χ0n) is 16.2. The van der Waals surface area contributed by atoms with Crippen LogP contribution in [0.1, 0.15) is 22.7 Å². The molecular weight excluding hydrogens is 374 g/mol. The van der Waals surface area contributed by atoms with Crippen molar-refractivity contribution in [1.29, 1.82) is 5.26 Å². The van der Waals surface area contributed by atoms with Crippen LogP contribution in [0.25, 0.3) is 0 Å². The Morgan fingerprint density at radius 3 is 2.18 bits per heavy atom. The second-order valence-corrected chi connectivity index (χ2v) is 8.95. The van der Waals surface area contributed by atoms with Gasteiger partial charge >= 0.3 is 0 Å². The summed E-state index contributed by atoms with van der Waals surface area (Å²) in [5.41, 5.74) is 2.79. The maximum atomic E-state index is 12.8. The first-order valence-electron chi connectivity index (χ1n) is 9.24. The van der Waals surface area contributed by atoms with Gasteiger partial charge in [-0.15, -0.1) is 0 Å². The smallest absolute Gasteiger partial charge is 0.218 e. The van der Waals surface area contributed by atoms with E-state index in [1.165, 1.54) is 4.31 Å². The van der Waals surface area contributed by atoms with Crippen LogP contribution < -0.4 is 4.74 Å². The van der Waals surface area contributed by atoms with E-state index in [9.17, 15) is 13.7 Å². The number of ether oxygens (including phenoxy) is 1. The number of methoxy groups -OCH3 is 1. The highest BCUT2D eigenvalue weighted by Gasteiger charge is 2.30. The van der Waals surface area contributed by atoms with Gasteiger partial charge in [0.2, 0.25) is 10.0 Å². The van der Waals surface area contributed by atoms with Gasteiger partial charge in [0.1, 0.15) is 11.8 Å². The summed E-state index contributed by atoms with van der Waals surface area (Å²) < 4.78 is 32.2. The van der Waals surface area contributed by atoms with Crippen LogP contribution in [-0.2, 0) is 15.8 Å². The first-order valence-corrected chi connectivity index (χ1v) is 10.8. The number of nitriles is 1. The molecule has 1 fully saturated rings. The number of piperazine rings is 1. The summed E-state index contributed by atoms with van der Waals surface area (Å²) >= 11 is 0. The fraction of sp³-hybridized carbons (Fsp3) is 0.381. The van der Waals surface area contributed by atoms with Gasteiger partial charge in [0.25, 0.3) is 0 Å². The topological polar surface area (TPSA) is 73.6 Å². The molecule has 0 spiro atoms. The highest BCUT2D eigenvalue weighted by molar-refractivity contribution is 7.88. The lowest BCUT2D eigenvalue weighted by molar-refractivity contribution is 0.162. The molecular formula is C21H25N3O3S. The lowest BCUT2D eigenvalue weighted by Crippen LogP contribution is -2.49. The largest absolute Gasteiger partial charge is 0.497 e. The van der Waals surface area contributed by atoms with E-state index in [0.29, 0.717) is 26.2 Å². The minimum atomic E-state index is -3.37. The summed E-state index contributed by atoms with van der Waals surface area (Å²) in [6.45, 7) is 3.81. The normalized spacial score (nSPS) is 17.0. The minimum absolute atomic E-state index is 0.00738. The van der Waals surface area contributed by atoms with Gasteiger partial charge in [-0.05, 0) is 30.2 Å². The van der Waals surface area contributed by atoms with Gasteiger partial charge in [-0.25, -0.2) is 8.42 Å². The van der Waals surface area contributed by atoms with Crippen LogP contribution in [0.4, 0.5) is 0 Å². The Hall–Kier alpha value is -2.40. The molecule has 0 saturated carbocycles. The molecule has 0 radical (unpaired) electrons. The minimum Gasteiger partial charge on any atom is -0.497 e. The highest BCUT2D eigenvalue weighted by Crippen LogP contribution is 2.25. The second kappa shape index (κ2) is 8.74. The van der Waals surface area contributed by atoms with E-state index in [1.54, 1.807) is 7.11 Å². The summed E-state index contributed by atoms with van der Waals surface area (Å²) in [6.07, 6.45) is 0. The summed E-state index contributed by atoms with van der Waals surface area (Å²) in [5, 5.41) is 9.65. The first-order chi connectivity index (χ1) is 13.4. The molecule has 3 rings (SSSR count). The fourth-order valence-electron chi connectivity index (χ4n) is 3.38. The number of nitrogens with zero attached hydrogens (tertiary/aromatic N) is 3. The molecule has 1 heterocycles. The third-order valence-corrected chi connectivity index (χ3v) is 6.91. The van der Waals surface area contributed by atoms with Crippen molar-refractivity contribution >= 4 is 10.0 Å². The Bertz CT molecular complexity index is 926. The van der Waals surface area contributed by atoms with Crippen molar-refractivity contribution in [3.05, 3.63) is 65.2 Å². The van der Waals surface area contributed by atoms with E-state index >= 15 is 0 Å². The van der Waals surface area contributed by atoms with E-state index in [0.717, 1.165) is 22.4 Å². The maximum Gasteiger partial charge on any atom is 0.218 e. The monoisotopic (exact) mass is 399 g/mol. The Kier molecular flexibility index (Phi) is 6.35. The van der Waals surface area contributed by atoms with Gasteiger partial charge in [0.05, 0.1) is 18.9 Å². The number of hydrogen-bond acceptors (Lipinski definition) is 5. The molecule has 148 valence electrons. The van der Waals surface area contributed by atoms with Crippen LogP contribution in [0.3, 0.4) is 0 Å². The molecule has 0 aromatic heterocycles. The van der Waals surface area contributed by atoms with Gasteiger partial charge in [-0.1, -0.05) is 42.0 Å². The predicted molar refractivity (Wildman–Crippen MR) is 108 cm³/mol. The summed E-state index contributed by atoms with van der Waals surface area (Å²) in [5.74, 6) is 0.750. The molecule has 7 heteroatoms. The number of benzene rings is 2. The standard InChI is InChI=1S/C21H25N3O3S/c1-17-3-5-18(6-4-17)16-28(25,26)24-13-11-23(12-14-24)21(15-22)19-7-9-20(27-2)10-8-19/h3-10,21H,11-14,16H2,1-2H3. The van der Waals surface area contributed by atoms with Crippen molar-refractivity contribution in [2.75, 3.05) is 33.3 Å². The highest BCUT2D eigenvalue weighted by atomic mass is 32.2. The van der Waals surface area contributed by atoms with Crippen LogP contribution in [0.2, 0.25) is 0 Å². The van der Waals surface area contributed by atoms with Crippen LogP contribution in [0, 0.1) is 18.3 Å². The molecule has 0 N–H and O–H groups in total. The van der Waals surface area contributed by atoms with Gasteiger partial charge < -0.3 is 4.74 Å². The van der Waals surface area contributed by atoms with E-state index < -0.39 is 16.1 Å². The Labute approximate surface area is 167 Å². The molecule has 28 heavy (non-hydrogen) atoms. The summed E-state index contributed by atoms with van der Waals surface area (Å²) in [4.78, 5) is 2.03. The predicted octanol–water partition coefficient (Wildman–Crippen LogP) is 2.72. The molecule has 1 atom stereocenters. The van der Waals surface area contributed by atoms with Gasteiger partial charge in [-0.2, -0.15) is 9.57 Å². The van der Waals surface area contributed by atoms with Crippen LogP contribution in [0.5, 0.6) is 5.75 Å². The van der Waals surface area contributed by atoms with E-state index in [-0.39, 0.29) is 5.75 Å². The number of rotatable bonds is 6. The maximum absolute atomic E-state index is 12.8. The van der Waals surface area contributed by atoms with Crippen LogP contribution in [-0.4, -0.2) is 50.9 Å². The van der Waals surface area contributed by atoms with E-state index in [4.69, 9.17) is 4.74 Å². The molecule has 1 unspecified atom stereocenters. The SMILES string of the molecule is COc1ccc(C(C#N)N2CCN(S(=O)(=O)Cc3ccc(C)cc3)CC2)cc1. The summed E-state index contributed by atoms with van der Waals surface area (Å²) in [6, 6.07) is 17.0.